The number of nitrogens with two attached hydrogens (primary N) is 1. The lowest BCUT2D eigenvalue weighted by Gasteiger charge is -2.34. The minimum Gasteiger partial charge on any atom is -0.381 e. The Kier molecular flexibility index (Phi) is 6.34. The van der Waals surface area contributed by atoms with Gasteiger partial charge in [-0.2, -0.15) is 0 Å². The summed E-state index contributed by atoms with van der Waals surface area (Å²) in [6.07, 6.45) is 1.76. The maximum absolute atomic E-state index is 12.6. The van der Waals surface area contributed by atoms with Crippen molar-refractivity contribution in [3.63, 3.8) is 0 Å². The van der Waals surface area contributed by atoms with Gasteiger partial charge >= 0.3 is 0 Å². The summed E-state index contributed by atoms with van der Waals surface area (Å²) in [6, 6.07) is 7.14. The van der Waals surface area contributed by atoms with Crippen molar-refractivity contribution in [3.05, 3.63) is 24.3 Å². The molecule has 0 bridgehead atoms. The number of benzene rings is 1. The van der Waals surface area contributed by atoms with Crippen molar-refractivity contribution in [3.8, 4) is 0 Å². The Morgan fingerprint density at radius 1 is 1.12 bits per heavy atom. The highest BCUT2D eigenvalue weighted by Crippen LogP contribution is 2.31. The molecule has 1 aromatic rings. The third-order valence-corrected chi connectivity index (χ3v) is 4.34. The number of nitrogens with one attached hydrogen (secondary N) is 2. The van der Waals surface area contributed by atoms with Gasteiger partial charge in [-0.15, -0.1) is 0 Å². The smallest absolute Gasteiger partial charge is 0.232 e. The summed E-state index contributed by atoms with van der Waals surface area (Å²) in [5.74, 6) is 0.242. The molecule has 1 aromatic carbocycles. The Balaban J connectivity index is 1.95. The Morgan fingerprint density at radius 3 is 2.17 bits per heavy atom. The van der Waals surface area contributed by atoms with Gasteiger partial charge in [0.15, 0.2) is 0 Å². The molecule has 24 heavy (non-hydrogen) atoms. The molecule has 0 aromatic heterocycles. The van der Waals surface area contributed by atoms with Gasteiger partial charge in [-0.3, -0.25) is 9.59 Å². The van der Waals surface area contributed by atoms with Crippen molar-refractivity contribution in [2.24, 2.45) is 17.1 Å². The van der Waals surface area contributed by atoms with Crippen LogP contribution in [0.5, 0.6) is 0 Å². The number of rotatable bonds is 6. The van der Waals surface area contributed by atoms with Gasteiger partial charge in [-0.25, -0.2) is 0 Å². The number of ether oxygens (including phenoxy) is 1. The van der Waals surface area contributed by atoms with Gasteiger partial charge in [0, 0.05) is 37.6 Å². The Labute approximate surface area is 143 Å². The van der Waals surface area contributed by atoms with E-state index in [0.717, 1.165) is 5.69 Å². The first-order chi connectivity index (χ1) is 11.4. The fraction of sp³-hybridized carbons (Fsp3) is 0.556. The third kappa shape index (κ3) is 4.79. The highest BCUT2D eigenvalue weighted by molar-refractivity contribution is 5.96. The molecule has 1 fully saturated rings. The maximum Gasteiger partial charge on any atom is 0.232 e. The van der Waals surface area contributed by atoms with Crippen LogP contribution in [0.25, 0.3) is 0 Å². The molecule has 1 aliphatic heterocycles. The molecule has 132 valence electrons. The SMILES string of the molecule is CC(C)CC(=O)Nc1ccc(NC(=O)C2(CN)CCOCC2)cc1. The molecule has 0 spiro atoms. The van der Waals surface area contributed by atoms with Crippen molar-refractivity contribution in [2.75, 3.05) is 30.4 Å². The number of hydrogen-bond acceptors (Lipinski definition) is 4. The topological polar surface area (TPSA) is 93.5 Å². The molecule has 0 radical (unpaired) electrons. The lowest BCUT2D eigenvalue weighted by atomic mass is 9.79. The van der Waals surface area contributed by atoms with Gasteiger partial charge in [-0.05, 0) is 43.0 Å². The Hall–Kier alpha value is -1.92. The zero-order valence-electron chi connectivity index (χ0n) is 14.4. The van der Waals surface area contributed by atoms with E-state index in [1.54, 1.807) is 24.3 Å². The minimum absolute atomic E-state index is 0.00826. The first-order valence-corrected chi connectivity index (χ1v) is 8.44. The van der Waals surface area contributed by atoms with Crippen LogP contribution >= 0.6 is 0 Å². The van der Waals surface area contributed by atoms with E-state index in [0.29, 0.717) is 50.6 Å². The van der Waals surface area contributed by atoms with Gasteiger partial charge < -0.3 is 21.1 Å². The van der Waals surface area contributed by atoms with Crippen LogP contribution in [0, 0.1) is 11.3 Å². The number of anilines is 2. The molecule has 4 N–H and O–H groups in total. The van der Waals surface area contributed by atoms with Crippen molar-refractivity contribution in [1.29, 1.82) is 0 Å². The van der Waals surface area contributed by atoms with Gasteiger partial charge in [0.1, 0.15) is 0 Å². The van der Waals surface area contributed by atoms with Gasteiger partial charge in [0.05, 0.1) is 5.41 Å². The van der Waals surface area contributed by atoms with Crippen LogP contribution in [0.3, 0.4) is 0 Å². The molecule has 2 rings (SSSR count). The van der Waals surface area contributed by atoms with Gasteiger partial charge in [0.25, 0.3) is 0 Å². The van der Waals surface area contributed by atoms with E-state index in [-0.39, 0.29) is 11.8 Å². The zero-order valence-corrected chi connectivity index (χ0v) is 14.4. The van der Waals surface area contributed by atoms with Crippen molar-refractivity contribution < 1.29 is 14.3 Å². The zero-order chi connectivity index (χ0) is 17.6. The summed E-state index contributed by atoms with van der Waals surface area (Å²) in [4.78, 5) is 24.4. The van der Waals surface area contributed by atoms with Crippen LogP contribution in [-0.4, -0.2) is 31.6 Å². The average Bonchev–Trinajstić information content (AvgIpc) is 2.56. The molecule has 6 nitrogen and oxygen atoms in total. The number of hydrogen-bond donors (Lipinski definition) is 3. The van der Waals surface area contributed by atoms with Crippen molar-refractivity contribution >= 4 is 23.2 Å². The fourth-order valence-electron chi connectivity index (χ4n) is 2.77. The molecular weight excluding hydrogens is 306 g/mol. The molecule has 6 heteroatoms. The minimum atomic E-state index is -0.553. The van der Waals surface area contributed by atoms with Gasteiger partial charge in [-0.1, -0.05) is 13.8 Å². The summed E-state index contributed by atoms with van der Waals surface area (Å²) in [7, 11) is 0. The molecule has 1 saturated heterocycles. The number of amides is 2. The number of carbonyl (C=O) groups excluding carboxylic acids is 2. The quantitative estimate of drug-likeness (QED) is 0.745. The summed E-state index contributed by atoms with van der Waals surface area (Å²) >= 11 is 0. The second-order valence-electron chi connectivity index (χ2n) is 6.77. The highest BCUT2D eigenvalue weighted by Gasteiger charge is 2.38. The van der Waals surface area contributed by atoms with Crippen molar-refractivity contribution in [2.45, 2.75) is 33.1 Å². The summed E-state index contributed by atoms with van der Waals surface area (Å²) < 4.78 is 5.33. The van der Waals surface area contributed by atoms with Gasteiger partial charge in [0.2, 0.25) is 11.8 Å². The molecule has 0 saturated carbocycles. The molecule has 0 unspecified atom stereocenters. The average molecular weight is 333 g/mol. The first kappa shape index (κ1) is 18.4. The first-order valence-electron chi connectivity index (χ1n) is 8.44. The third-order valence-electron chi connectivity index (χ3n) is 4.34. The lowest BCUT2D eigenvalue weighted by molar-refractivity contribution is -0.130. The summed E-state index contributed by atoms with van der Waals surface area (Å²) in [5.41, 5.74) is 6.71. The normalized spacial score (nSPS) is 16.7. The van der Waals surface area contributed by atoms with E-state index in [2.05, 4.69) is 10.6 Å². The monoisotopic (exact) mass is 333 g/mol. The Bertz CT molecular complexity index is 563. The second kappa shape index (κ2) is 8.26. The van der Waals surface area contributed by atoms with Crippen LogP contribution in [0.2, 0.25) is 0 Å². The molecule has 1 aliphatic rings. The molecule has 1 heterocycles. The van der Waals surface area contributed by atoms with Crippen LogP contribution in [0.4, 0.5) is 11.4 Å². The Morgan fingerprint density at radius 2 is 1.67 bits per heavy atom. The van der Waals surface area contributed by atoms with Crippen molar-refractivity contribution in [1.82, 2.24) is 0 Å². The van der Waals surface area contributed by atoms with Crippen LogP contribution in [0.15, 0.2) is 24.3 Å². The van der Waals surface area contributed by atoms with Crippen LogP contribution in [-0.2, 0) is 14.3 Å². The fourth-order valence-corrected chi connectivity index (χ4v) is 2.77. The van der Waals surface area contributed by atoms with Crippen LogP contribution in [0.1, 0.15) is 33.1 Å². The van der Waals surface area contributed by atoms with Crippen LogP contribution < -0.4 is 16.4 Å². The predicted octanol–water partition coefficient (Wildman–Crippen LogP) is 2.37. The summed E-state index contributed by atoms with van der Waals surface area (Å²) in [6.45, 7) is 5.44. The standard InChI is InChI=1S/C18H27N3O3/c1-13(2)11-16(22)20-14-3-5-15(6-4-14)21-17(23)18(12-19)7-9-24-10-8-18/h3-6,13H,7-12,19H2,1-2H3,(H,20,22)(H,21,23). The summed E-state index contributed by atoms with van der Waals surface area (Å²) in [5, 5.41) is 5.78. The van der Waals surface area contributed by atoms with E-state index in [4.69, 9.17) is 10.5 Å². The van der Waals surface area contributed by atoms with E-state index in [1.807, 2.05) is 13.8 Å². The molecule has 2 amide bonds. The van der Waals surface area contributed by atoms with E-state index >= 15 is 0 Å². The maximum atomic E-state index is 12.6. The highest BCUT2D eigenvalue weighted by atomic mass is 16.5. The molecular formula is C18H27N3O3. The lowest BCUT2D eigenvalue weighted by Crippen LogP contribution is -2.46. The largest absolute Gasteiger partial charge is 0.381 e. The molecule has 0 aliphatic carbocycles. The van der Waals surface area contributed by atoms with E-state index < -0.39 is 5.41 Å². The second-order valence-corrected chi connectivity index (χ2v) is 6.77. The number of carbonyl (C=O) groups is 2. The van der Waals surface area contributed by atoms with E-state index in [1.165, 1.54) is 0 Å². The predicted molar refractivity (Wildman–Crippen MR) is 94.7 cm³/mol. The molecule has 0 atom stereocenters. The van der Waals surface area contributed by atoms with E-state index in [9.17, 15) is 9.59 Å².